The van der Waals surface area contributed by atoms with Crippen LogP contribution in [0.1, 0.15) is 10.4 Å². The lowest BCUT2D eigenvalue weighted by Gasteiger charge is -2.07. The van der Waals surface area contributed by atoms with Crippen molar-refractivity contribution in [3.63, 3.8) is 0 Å². The zero-order valence-corrected chi connectivity index (χ0v) is 11.0. The minimum Gasteiger partial charge on any atom is -0.398 e. The first kappa shape index (κ1) is 13.9. The number of halogens is 1. The molecule has 1 rings (SSSR count). The fourth-order valence-corrected chi connectivity index (χ4v) is 2.02. The summed E-state index contributed by atoms with van der Waals surface area (Å²) >= 11 is 7.65. The maximum Gasteiger partial charge on any atom is 0.252 e. The normalized spacial score (nSPS) is 9.94. The van der Waals surface area contributed by atoms with E-state index in [1.54, 1.807) is 30.0 Å². The van der Waals surface area contributed by atoms with Crippen LogP contribution in [0.2, 0.25) is 5.02 Å². The molecule has 0 aromatic heterocycles. The summed E-state index contributed by atoms with van der Waals surface area (Å²) in [6.07, 6.45) is 1.83. The quantitative estimate of drug-likeness (QED) is 0.475. The first-order valence-corrected chi connectivity index (χ1v) is 6.71. The molecule has 92 valence electrons. The highest BCUT2D eigenvalue weighted by molar-refractivity contribution is 7.99. The Kier molecular flexibility index (Phi) is 5.94. The van der Waals surface area contributed by atoms with Gasteiger partial charge in [-0.15, -0.1) is 6.58 Å². The molecular weight excluding hydrogens is 256 g/mol. The van der Waals surface area contributed by atoms with E-state index in [1.165, 1.54) is 0 Å². The maximum atomic E-state index is 11.8. The second-order valence-corrected chi connectivity index (χ2v) is 4.86. The van der Waals surface area contributed by atoms with Gasteiger partial charge in [-0.2, -0.15) is 11.8 Å². The molecule has 0 saturated carbocycles. The van der Waals surface area contributed by atoms with Crippen molar-refractivity contribution >= 4 is 35.0 Å². The van der Waals surface area contributed by atoms with Gasteiger partial charge in [0.15, 0.2) is 0 Å². The van der Waals surface area contributed by atoms with Crippen molar-refractivity contribution in [2.24, 2.45) is 0 Å². The fourth-order valence-electron chi connectivity index (χ4n) is 1.22. The van der Waals surface area contributed by atoms with Crippen LogP contribution in [-0.4, -0.2) is 24.0 Å². The Morgan fingerprint density at radius 1 is 1.59 bits per heavy atom. The summed E-state index contributed by atoms with van der Waals surface area (Å²) in [5.74, 6) is 1.54. The molecule has 3 N–H and O–H groups in total. The highest BCUT2D eigenvalue weighted by Gasteiger charge is 2.10. The molecule has 0 spiro atoms. The number of benzene rings is 1. The Balaban J connectivity index is 2.47. The van der Waals surface area contributed by atoms with E-state index >= 15 is 0 Å². The highest BCUT2D eigenvalue weighted by Crippen LogP contribution is 2.22. The van der Waals surface area contributed by atoms with Crippen LogP contribution < -0.4 is 11.1 Å². The summed E-state index contributed by atoms with van der Waals surface area (Å²) in [5.41, 5.74) is 6.46. The number of rotatable bonds is 6. The summed E-state index contributed by atoms with van der Waals surface area (Å²) < 4.78 is 0. The average Bonchev–Trinajstić information content (AvgIpc) is 2.32. The topological polar surface area (TPSA) is 55.1 Å². The summed E-state index contributed by atoms with van der Waals surface area (Å²) in [6, 6.07) is 5.03. The molecule has 3 nitrogen and oxygen atoms in total. The predicted molar refractivity (Wildman–Crippen MR) is 75.7 cm³/mol. The van der Waals surface area contributed by atoms with E-state index in [0.29, 0.717) is 22.8 Å². The van der Waals surface area contributed by atoms with Crippen LogP contribution in [0, 0.1) is 0 Å². The fraction of sp³-hybridized carbons (Fsp3) is 0.250. The molecule has 0 heterocycles. The molecule has 0 unspecified atom stereocenters. The molecule has 1 aromatic carbocycles. The summed E-state index contributed by atoms with van der Waals surface area (Å²) in [6.45, 7) is 4.22. The van der Waals surface area contributed by atoms with E-state index in [0.717, 1.165) is 11.5 Å². The molecule has 5 heteroatoms. The largest absolute Gasteiger partial charge is 0.398 e. The number of thioether (sulfide) groups is 1. The number of nitrogens with one attached hydrogen (secondary N) is 1. The van der Waals surface area contributed by atoms with Crippen molar-refractivity contribution < 1.29 is 4.79 Å². The summed E-state index contributed by atoms with van der Waals surface area (Å²) in [5, 5.41) is 3.10. The number of amides is 1. The standard InChI is InChI=1S/C12H15ClN2OS/c1-2-7-17-8-6-15-12(16)9-4-3-5-10(14)11(9)13/h2-5H,1,6-8,14H2,(H,15,16). The Hall–Kier alpha value is -1.13. The van der Waals surface area contributed by atoms with Gasteiger partial charge in [0.2, 0.25) is 0 Å². The number of anilines is 1. The maximum absolute atomic E-state index is 11.8. The van der Waals surface area contributed by atoms with Gasteiger partial charge in [0.05, 0.1) is 16.3 Å². The zero-order valence-electron chi connectivity index (χ0n) is 9.41. The van der Waals surface area contributed by atoms with E-state index in [4.69, 9.17) is 17.3 Å². The van der Waals surface area contributed by atoms with Gasteiger partial charge in [0.1, 0.15) is 0 Å². The number of carbonyl (C=O) groups is 1. The number of nitrogen functional groups attached to an aromatic ring is 1. The van der Waals surface area contributed by atoms with Gasteiger partial charge in [-0.05, 0) is 12.1 Å². The zero-order chi connectivity index (χ0) is 12.7. The van der Waals surface area contributed by atoms with Gasteiger partial charge in [0.25, 0.3) is 5.91 Å². The lowest BCUT2D eigenvalue weighted by atomic mass is 10.2. The van der Waals surface area contributed by atoms with Gasteiger partial charge in [0, 0.05) is 18.1 Å². The molecule has 0 radical (unpaired) electrons. The molecule has 0 bridgehead atoms. The third kappa shape index (κ3) is 4.32. The number of nitrogens with two attached hydrogens (primary N) is 1. The first-order valence-electron chi connectivity index (χ1n) is 5.17. The first-order chi connectivity index (χ1) is 8.16. The van der Waals surface area contributed by atoms with E-state index < -0.39 is 0 Å². The lowest BCUT2D eigenvalue weighted by molar-refractivity contribution is 0.0956. The Morgan fingerprint density at radius 3 is 3.06 bits per heavy atom. The van der Waals surface area contributed by atoms with Crippen molar-refractivity contribution in [1.82, 2.24) is 5.32 Å². The molecule has 0 aliphatic heterocycles. The van der Waals surface area contributed by atoms with Crippen molar-refractivity contribution in [1.29, 1.82) is 0 Å². The lowest BCUT2D eigenvalue weighted by Crippen LogP contribution is -2.26. The number of carbonyl (C=O) groups excluding carboxylic acids is 1. The minimum absolute atomic E-state index is 0.193. The highest BCUT2D eigenvalue weighted by atomic mass is 35.5. The third-order valence-corrected chi connectivity index (χ3v) is 3.43. The second-order valence-electron chi connectivity index (χ2n) is 3.33. The van der Waals surface area contributed by atoms with Gasteiger partial charge in [-0.3, -0.25) is 4.79 Å². The van der Waals surface area contributed by atoms with E-state index in [2.05, 4.69) is 11.9 Å². The SMILES string of the molecule is C=CCSCCNC(=O)c1cccc(N)c1Cl. The van der Waals surface area contributed by atoms with E-state index in [1.807, 2.05) is 6.08 Å². The molecular formula is C12H15ClN2OS. The van der Waals surface area contributed by atoms with Crippen molar-refractivity contribution in [3.05, 3.63) is 41.4 Å². The van der Waals surface area contributed by atoms with Crippen molar-refractivity contribution in [3.8, 4) is 0 Å². The van der Waals surface area contributed by atoms with Crippen LogP contribution in [0.15, 0.2) is 30.9 Å². The third-order valence-electron chi connectivity index (χ3n) is 2.04. The van der Waals surface area contributed by atoms with Crippen LogP contribution in [-0.2, 0) is 0 Å². The molecule has 1 aromatic rings. The summed E-state index contributed by atoms with van der Waals surface area (Å²) in [7, 11) is 0. The van der Waals surface area contributed by atoms with Crippen LogP contribution in [0.4, 0.5) is 5.69 Å². The van der Waals surface area contributed by atoms with Gasteiger partial charge in [-0.1, -0.05) is 23.7 Å². The average molecular weight is 271 g/mol. The Bertz CT molecular complexity index is 409. The van der Waals surface area contributed by atoms with Crippen LogP contribution in [0.5, 0.6) is 0 Å². The molecule has 1 amide bonds. The smallest absolute Gasteiger partial charge is 0.252 e. The number of hydrogen-bond donors (Lipinski definition) is 2. The molecule has 0 atom stereocenters. The minimum atomic E-state index is -0.193. The molecule has 0 aliphatic carbocycles. The Labute approximate surface area is 110 Å². The van der Waals surface area contributed by atoms with Gasteiger partial charge < -0.3 is 11.1 Å². The van der Waals surface area contributed by atoms with Crippen molar-refractivity contribution in [2.75, 3.05) is 23.8 Å². The molecule has 0 fully saturated rings. The van der Waals surface area contributed by atoms with Crippen molar-refractivity contribution in [2.45, 2.75) is 0 Å². The van der Waals surface area contributed by atoms with E-state index in [9.17, 15) is 4.79 Å². The molecule has 0 aliphatic rings. The molecule has 17 heavy (non-hydrogen) atoms. The molecule has 0 saturated heterocycles. The van der Waals surface area contributed by atoms with Gasteiger partial charge >= 0.3 is 0 Å². The van der Waals surface area contributed by atoms with Crippen LogP contribution >= 0.6 is 23.4 Å². The summed E-state index contributed by atoms with van der Waals surface area (Å²) in [4.78, 5) is 11.8. The van der Waals surface area contributed by atoms with Crippen LogP contribution in [0.25, 0.3) is 0 Å². The van der Waals surface area contributed by atoms with Crippen LogP contribution in [0.3, 0.4) is 0 Å². The number of hydrogen-bond acceptors (Lipinski definition) is 3. The van der Waals surface area contributed by atoms with E-state index in [-0.39, 0.29) is 5.91 Å². The second kappa shape index (κ2) is 7.25. The Morgan fingerprint density at radius 2 is 2.35 bits per heavy atom. The monoisotopic (exact) mass is 270 g/mol. The predicted octanol–water partition coefficient (Wildman–Crippen LogP) is 2.57. The van der Waals surface area contributed by atoms with Gasteiger partial charge in [-0.25, -0.2) is 0 Å².